The molecule has 0 bridgehead atoms. The Morgan fingerprint density at radius 2 is 2.17 bits per heavy atom. The fraction of sp³-hybridized carbons (Fsp3) is 0.375. The Balaban J connectivity index is 2.11. The molecule has 0 saturated heterocycles. The molecule has 1 heterocycles. The van der Waals surface area contributed by atoms with Gasteiger partial charge in [0.05, 0.1) is 6.26 Å². The van der Waals surface area contributed by atoms with Crippen molar-refractivity contribution in [3.05, 3.63) is 48.2 Å². The molecule has 0 saturated carbocycles. The first-order chi connectivity index (χ1) is 8.69. The highest BCUT2D eigenvalue weighted by atomic mass is 16.3. The molecule has 18 heavy (non-hydrogen) atoms. The van der Waals surface area contributed by atoms with E-state index in [1.54, 1.807) is 6.26 Å². The van der Waals surface area contributed by atoms with Crippen LogP contribution < -0.4 is 0 Å². The lowest BCUT2D eigenvalue weighted by Crippen LogP contribution is -2.25. The van der Waals surface area contributed by atoms with E-state index in [0.29, 0.717) is 0 Å². The third-order valence-electron chi connectivity index (χ3n) is 2.96. The van der Waals surface area contributed by atoms with Crippen LogP contribution in [0.1, 0.15) is 25.8 Å². The molecule has 0 unspecified atom stereocenters. The Hall–Kier alpha value is -1.54. The van der Waals surface area contributed by atoms with Gasteiger partial charge in [0.15, 0.2) is 0 Å². The summed E-state index contributed by atoms with van der Waals surface area (Å²) >= 11 is 0. The van der Waals surface area contributed by atoms with Gasteiger partial charge >= 0.3 is 0 Å². The van der Waals surface area contributed by atoms with Crippen LogP contribution in [0.25, 0.3) is 11.0 Å². The molecule has 0 spiro atoms. The molecule has 0 aliphatic rings. The second-order valence-corrected chi connectivity index (χ2v) is 4.96. The Kier molecular flexibility index (Phi) is 4.21. The van der Waals surface area contributed by atoms with Crippen LogP contribution in [0.5, 0.6) is 0 Å². The largest absolute Gasteiger partial charge is 0.464 e. The van der Waals surface area contributed by atoms with Crippen molar-refractivity contribution in [1.29, 1.82) is 0 Å². The highest BCUT2D eigenvalue weighted by Gasteiger charge is 2.06. The summed E-state index contributed by atoms with van der Waals surface area (Å²) in [7, 11) is 0. The summed E-state index contributed by atoms with van der Waals surface area (Å²) < 4.78 is 5.36. The summed E-state index contributed by atoms with van der Waals surface area (Å²) in [6.07, 6.45) is 2.91. The lowest BCUT2D eigenvalue weighted by molar-refractivity contribution is 0.289. The monoisotopic (exact) mass is 243 g/mol. The molecule has 0 aliphatic heterocycles. The fourth-order valence-electron chi connectivity index (χ4n) is 2.28. The van der Waals surface area contributed by atoms with Gasteiger partial charge in [-0.1, -0.05) is 25.1 Å². The van der Waals surface area contributed by atoms with Crippen LogP contribution >= 0.6 is 0 Å². The lowest BCUT2D eigenvalue weighted by atomic mass is 10.1. The minimum absolute atomic E-state index is 0.959. The number of rotatable bonds is 6. The molecule has 0 amide bonds. The van der Waals surface area contributed by atoms with Gasteiger partial charge in [-0.3, -0.25) is 4.90 Å². The predicted molar refractivity (Wildman–Crippen MR) is 76.6 cm³/mol. The van der Waals surface area contributed by atoms with Gasteiger partial charge in [0, 0.05) is 18.5 Å². The van der Waals surface area contributed by atoms with Crippen LogP contribution in [-0.4, -0.2) is 18.0 Å². The van der Waals surface area contributed by atoms with Gasteiger partial charge in [-0.2, -0.15) is 0 Å². The minimum Gasteiger partial charge on any atom is -0.464 e. The average Bonchev–Trinajstić information content (AvgIpc) is 2.75. The van der Waals surface area contributed by atoms with Crippen molar-refractivity contribution in [3.8, 4) is 0 Å². The predicted octanol–water partition coefficient (Wildman–Crippen LogP) is 4.22. The van der Waals surface area contributed by atoms with E-state index in [9.17, 15) is 0 Å². The number of hydrogen-bond acceptors (Lipinski definition) is 2. The Labute approximate surface area is 109 Å². The Morgan fingerprint density at radius 1 is 1.33 bits per heavy atom. The van der Waals surface area contributed by atoms with Gasteiger partial charge in [0.25, 0.3) is 0 Å². The van der Waals surface area contributed by atoms with Gasteiger partial charge in [0.1, 0.15) is 5.58 Å². The first-order valence-electron chi connectivity index (χ1n) is 6.52. The molecule has 0 aliphatic carbocycles. The second-order valence-electron chi connectivity index (χ2n) is 4.96. The second kappa shape index (κ2) is 5.87. The van der Waals surface area contributed by atoms with Crippen molar-refractivity contribution in [3.63, 3.8) is 0 Å². The molecule has 0 fully saturated rings. The molecular formula is C16H21NO. The molecular weight excluding hydrogens is 222 g/mol. The van der Waals surface area contributed by atoms with Crippen molar-refractivity contribution in [1.82, 2.24) is 4.90 Å². The molecule has 96 valence electrons. The fourth-order valence-corrected chi connectivity index (χ4v) is 2.28. The van der Waals surface area contributed by atoms with Crippen molar-refractivity contribution in [2.24, 2.45) is 0 Å². The Bertz CT molecular complexity index is 527. The average molecular weight is 243 g/mol. The van der Waals surface area contributed by atoms with E-state index in [-0.39, 0.29) is 0 Å². The Morgan fingerprint density at radius 3 is 2.89 bits per heavy atom. The highest BCUT2D eigenvalue weighted by Crippen LogP contribution is 2.18. The summed E-state index contributed by atoms with van der Waals surface area (Å²) in [6, 6.07) is 8.42. The van der Waals surface area contributed by atoms with Gasteiger partial charge in [-0.15, -0.1) is 0 Å². The molecule has 2 heteroatoms. The summed E-state index contributed by atoms with van der Waals surface area (Å²) in [6.45, 7) is 11.4. The normalized spacial score (nSPS) is 11.3. The number of furan rings is 1. The molecule has 2 nitrogen and oxygen atoms in total. The first kappa shape index (κ1) is 12.9. The highest BCUT2D eigenvalue weighted by molar-refractivity contribution is 5.77. The first-order valence-corrected chi connectivity index (χ1v) is 6.52. The van der Waals surface area contributed by atoms with Crippen molar-refractivity contribution in [2.75, 3.05) is 13.1 Å². The topological polar surface area (TPSA) is 16.4 Å². The minimum atomic E-state index is 0.959. The van der Waals surface area contributed by atoms with E-state index in [1.165, 1.54) is 22.9 Å². The molecule has 2 rings (SSSR count). The molecule has 0 radical (unpaired) electrons. The van der Waals surface area contributed by atoms with Crippen LogP contribution in [-0.2, 0) is 6.54 Å². The van der Waals surface area contributed by atoms with Gasteiger partial charge in [-0.05, 0) is 43.7 Å². The zero-order chi connectivity index (χ0) is 13.0. The summed E-state index contributed by atoms with van der Waals surface area (Å²) in [5.41, 5.74) is 3.51. The van der Waals surface area contributed by atoms with Crippen molar-refractivity contribution >= 4 is 11.0 Å². The maximum absolute atomic E-state index is 5.36. The molecule has 1 aromatic heterocycles. The summed E-state index contributed by atoms with van der Waals surface area (Å²) in [4.78, 5) is 2.43. The number of hydrogen-bond donors (Lipinski definition) is 0. The standard InChI is InChI=1S/C16H21NO/c1-4-8-17(11-13(2)3)12-14-5-6-16-15(10-14)7-9-18-16/h5-7,9-10H,2,4,8,11-12H2,1,3H3. The van der Waals surface area contributed by atoms with E-state index < -0.39 is 0 Å². The van der Waals surface area contributed by atoms with Crippen LogP contribution in [0.4, 0.5) is 0 Å². The SMILES string of the molecule is C=C(C)CN(CCC)Cc1ccc2occc2c1. The number of nitrogens with zero attached hydrogens (tertiary/aromatic N) is 1. The zero-order valence-electron chi connectivity index (χ0n) is 11.3. The van der Waals surface area contributed by atoms with Gasteiger partial charge in [0.2, 0.25) is 0 Å². The molecule has 0 atom stereocenters. The van der Waals surface area contributed by atoms with Crippen molar-refractivity contribution in [2.45, 2.75) is 26.8 Å². The smallest absolute Gasteiger partial charge is 0.133 e. The quantitative estimate of drug-likeness (QED) is 0.706. The van der Waals surface area contributed by atoms with E-state index in [0.717, 1.165) is 25.2 Å². The third kappa shape index (κ3) is 3.23. The van der Waals surface area contributed by atoms with Crippen LogP contribution in [0.15, 0.2) is 47.1 Å². The number of benzene rings is 1. The maximum atomic E-state index is 5.36. The summed E-state index contributed by atoms with van der Waals surface area (Å²) in [5, 5.41) is 1.18. The number of fused-ring (bicyclic) bond motifs is 1. The lowest BCUT2D eigenvalue weighted by Gasteiger charge is -2.21. The van der Waals surface area contributed by atoms with Crippen LogP contribution in [0, 0.1) is 0 Å². The van der Waals surface area contributed by atoms with Gasteiger partial charge < -0.3 is 4.42 Å². The van der Waals surface area contributed by atoms with Crippen LogP contribution in [0.3, 0.4) is 0 Å². The third-order valence-corrected chi connectivity index (χ3v) is 2.96. The van der Waals surface area contributed by atoms with Gasteiger partial charge in [-0.25, -0.2) is 0 Å². The molecule has 2 aromatic rings. The zero-order valence-corrected chi connectivity index (χ0v) is 11.3. The molecule has 1 aromatic carbocycles. The van der Waals surface area contributed by atoms with E-state index in [4.69, 9.17) is 4.42 Å². The van der Waals surface area contributed by atoms with E-state index in [1.807, 2.05) is 6.07 Å². The van der Waals surface area contributed by atoms with Crippen molar-refractivity contribution < 1.29 is 4.42 Å². The van der Waals surface area contributed by atoms with E-state index >= 15 is 0 Å². The summed E-state index contributed by atoms with van der Waals surface area (Å²) in [5.74, 6) is 0. The van der Waals surface area contributed by atoms with Crippen LogP contribution in [0.2, 0.25) is 0 Å². The molecule has 0 N–H and O–H groups in total. The van der Waals surface area contributed by atoms with E-state index in [2.05, 4.69) is 43.5 Å². The maximum Gasteiger partial charge on any atom is 0.133 e.